The molecule has 5 nitrogen and oxygen atoms in total. The van der Waals surface area contributed by atoms with Crippen molar-refractivity contribution >= 4 is 46.0 Å². The van der Waals surface area contributed by atoms with Gasteiger partial charge in [0.1, 0.15) is 6.54 Å². The molecule has 3 rings (SSSR count). The number of halogens is 1. The fraction of sp³-hybridized carbons (Fsp3) is 0.250. The molecule has 0 fully saturated rings. The van der Waals surface area contributed by atoms with Crippen molar-refractivity contribution in [2.24, 2.45) is 4.99 Å². The number of carbonyl (C=O) groups excluding carboxylic acids is 2. The van der Waals surface area contributed by atoms with Crippen LogP contribution in [0.4, 0.5) is 5.69 Å². The van der Waals surface area contributed by atoms with Gasteiger partial charge in [-0.1, -0.05) is 65.3 Å². The number of benzene rings is 2. The Morgan fingerprint density at radius 3 is 2.67 bits per heavy atom. The van der Waals surface area contributed by atoms with E-state index in [2.05, 4.69) is 10.3 Å². The van der Waals surface area contributed by atoms with Crippen molar-refractivity contribution in [3.8, 4) is 0 Å². The number of hydrogen-bond donors (Lipinski definition) is 1. The molecule has 27 heavy (non-hydrogen) atoms. The highest BCUT2D eigenvalue weighted by Gasteiger charge is 2.31. The minimum atomic E-state index is -0.398. The van der Waals surface area contributed by atoms with Crippen molar-refractivity contribution < 1.29 is 9.59 Å². The monoisotopic (exact) mass is 401 g/mol. The smallest absolute Gasteiger partial charge is 0.254 e. The van der Waals surface area contributed by atoms with Gasteiger partial charge in [-0.15, -0.1) is 0 Å². The summed E-state index contributed by atoms with van der Waals surface area (Å²) in [4.78, 5) is 30.5. The van der Waals surface area contributed by atoms with Crippen LogP contribution in [-0.4, -0.2) is 28.8 Å². The molecule has 7 heteroatoms. The molecule has 1 aliphatic heterocycles. The number of para-hydroxylation sites is 1. The third-order valence-electron chi connectivity index (χ3n) is 4.12. The molecule has 1 heterocycles. The van der Waals surface area contributed by atoms with Gasteiger partial charge in [-0.25, -0.2) is 0 Å². The summed E-state index contributed by atoms with van der Waals surface area (Å²) in [6.07, 6.45) is 0. The van der Waals surface area contributed by atoms with Crippen molar-refractivity contribution in [2.75, 3.05) is 11.4 Å². The maximum Gasteiger partial charge on any atom is 0.254 e. The Morgan fingerprint density at radius 1 is 1.26 bits per heavy atom. The van der Waals surface area contributed by atoms with Crippen LogP contribution in [0.25, 0.3) is 0 Å². The molecule has 0 unspecified atom stereocenters. The summed E-state index contributed by atoms with van der Waals surface area (Å²) in [5.74, 6) is -0.264. The SMILES string of the molecule is Cc1ccc(CNC(=O)[C@@H](C)SC2=NCC(=O)N2c2ccccc2Cl)cc1. The van der Waals surface area contributed by atoms with Crippen LogP contribution in [-0.2, 0) is 16.1 Å². The summed E-state index contributed by atoms with van der Waals surface area (Å²) in [5, 5.41) is 3.49. The fourth-order valence-corrected chi connectivity index (χ4v) is 3.77. The van der Waals surface area contributed by atoms with E-state index >= 15 is 0 Å². The molecular weight excluding hydrogens is 382 g/mol. The van der Waals surface area contributed by atoms with Gasteiger partial charge in [-0.3, -0.25) is 19.5 Å². The number of amides is 2. The van der Waals surface area contributed by atoms with Crippen molar-refractivity contribution in [3.63, 3.8) is 0 Å². The van der Waals surface area contributed by atoms with E-state index in [1.54, 1.807) is 25.1 Å². The maximum absolute atomic E-state index is 12.4. The number of carbonyl (C=O) groups is 2. The number of thioether (sulfide) groups is 1. The number of amidine groups is 1. The first kappa shape index (κ1) is 19.5. The summed E-state index contributed by atoms with van der Waals surface area (Å²) in [7, 11) is 0. The number of anilines is 1. The zero-order valence-corrected chi connectivity index (χ0v) is 16.7. The molecule has 0 radical (unpaired) electrons. The first-order chi connectivity index (χ1) is 13.0. The van der Waals surface area contributed by atoms with Gasteiger partial charge in [0, 0.05) is 6.54 Å². The average molecular weight is 402 g/mol. The second kappa shape index (κ2) is 8.59. The number of nitrogens with zero attached hydrogens (tertiary/aromatic N) is 2. The van der Waals surface area contributed by atoms with Gasteiger partial charge in [-0.05, 0) is 31.5 Å². The van der Waals surface area contributed by atoms with Crippen LogP contribution in [0.1, 0.15) is 18.1 Å². The highest BCUT2D eigenvalue weighted by Crippen LogP contribution is 2.31. The highest BCUT2D eigenvalue weighted by atomic mass is 35.5. The van der Waals surface area contributed by atoms with Crippen LogP contribution < -0.4 is 10.2 Å². The summed E-state index contributed by atoms with van der Waals surface area (Å²) in [6, 6.07) is 15.1. The number of hydrogen-bond acceptors (Lipinski definition) is 4. The minimum absolute atomic E-state index is 0.0608. The highest BCUT2D eigenvalue weighted by molar-refractivity contribution is 8.15. The van der Waals surface area contributed by atoms with Crippen LogP contribution in [0.3, 0.4) is 0 Å². The predicted molar refractivity (Wildman–Crippen MR) is 111 cm³/mol. The van der Waals surface area contributed by atoms with Crippen molar-refractivity contribution in [3.05, 3.63) is 64.7 Å². The molecule has 0 saturated carbocycles. The topological polar surface area (TPSA) is 61.8 Å². The second-order valence-electron chi connectivity index (χ2n) is 6.24. The average Bonchev–Trinajstić information content (AvgIpc) is 3.01. The normalized spacial score (nSPS) is 14.9. The van der Waals surface area contributed by atoms with E-state index < -0.39 is 5.25 Å². The number of aliphatic imine (C=N–C) groups is 1. The second-order valence-corrected chi connectivity index (χ2v) is 7.96. The standard InChI is InChI=1S/C20H20ClN3O2S/c1-13-7-9-15(10-8-13)11-22-19(26)14(2)27-20-23-12-18(25)24(20)17-6-4-3-5-16(17)21/h3-10,14H,11-12H2,1-2H3,(H,22,26)/t14-/m1/s1. The first-order valence-corrected chi connectivity index (χ1v) is 9.83. The van der Waals surface area contributed by atoms with E-state index in [0.29, 0.717) is 22.4 Å². The van der Waals surface area contributed by atoms with E-state index in [1.165, 1.54) is 22.2 Å². The van der Waals surface area contributed by atoms with Gasteiger partial charge in [0.25, 0.3) is 5.91 Å². The minimum Gasteiger partial charge on any atom is -0.351 e. The third kappa shape index (κ3) is 4.70. The molecule has 140 valence electrons. The molecular formula is C20H20ClN3O2S. The quantitative estimate of drug-likeness (QED) is 0.829. The van der Waals surface area contributed by atoms with Gasteiger partial charge >= 0.3 is 0 Å². The van der Waals surface area contributed by atoms with E-state index in [-0.39, 0.29) is 18.4 Å². The molecule has 1 atom stereocenters. The van der Waals surface area contributed by atoms with Crippen LogP contribution >= 0.6 is 23.4 Å². The third-order valence-corrected chi connectivity index (χ3v) is 5.53. The number of nitrogens with one attached hydrogen (secondary N) is 1. The Labute approximate surface area is 167 Å². The van der Waals surface area contributed by atoms with E-state index in [9.17, 15) is 9.59 Å². The van der Waals surface area contributed by atoms with Gasteiger partial charge in [0.15, 0.2) is 5.17 Å². The summed E-state index contributed by atoms with van der Waals surface area (Å²) in [6.45, 7) is 4.34. The largest absolute Gasteiger partial charge is 0.351 e. The molecule has 0 saturated heterocycles. The summed E-state index contributed by atoms with van der Waals surface area (Å²) < 4.78 is 0. The van der Waals surface area contributed by atoms with E-state index in [1.807, 2.05) is 37.3 Å². The van der Waals surface area contributed by atoms with E-state index in [4.69, 9.17) is 11.6 Å². The lowest BCUT2D eigenvalue weighted by atomic mass is 10.1. The van der Waals surface area contributed by atoms with Gasteiger partial charge in [-0.2, -0.15) is 0 Å². The van der Waals surface area contributed by atoms with Gasteiger partial charge in [0.05, 0.1) is 16.0 Å². The number of aryl methyl sites for hydroxylation is 1. The van der Waals surface area contributed by atoms with Crippen LogP contribution in [0, 0.1) is 6.92 Å². The molecule has 0 bridgehead atoms. The first-order valence-electron chi connectivity index (χ1n) is 8.57. The zero-order chi connectivity index (χ0) is 19.4. The predicted octanol–water partition coefficient (Wildman–Crippen LogP) is 3.79. The lowest BCUT2D eigenvalue weighted by Gasteiger charge is -2.21. The molecule has 2 amide bonds. The van der Waals surface area contributed by atoms with Crippen molar-refractivity contribution in [2.45, 2.75) is 25.6 Å². The van der Waals surface area contributed by atoms with Gasteiger partial charge in [0.2, 0.25) is 5.91 Å². The molecule has 2 aromatic carbocycles. The summed E-state index contributed by atoms with van der Waals surface area (Å²) >= 11 is 7.48. The van der Waals surface area contributed by atoms with Gasteiger partial charge < -0.3 is 5.32 Å². The van der Waals surface area contributed by atoms with E-state index in [0.717, 1.165) is 5.56 Å². The Kier molecular flexibility index (Phi) is 6.19. The Hall–Kier alpha value is -2.31. The zero-order valence-electron chi connectivity index (χ0n) is 15.1. The van der Waals surface area contributed by atoms with Crippen LogP contribution in [0.15, 0.2) is 53.5 Å². The van der Waals surface area contributed by atoms with Crippen LogP contribution in [0.5, 0.6) is 0 Å². The fourth-order valence-electron chi connectivity index (χ4n) is 2.59. The molecule has 0 aromatic heterocycles. The molecule has 2 aromatic rings. The van der Waals surface area contributed by atoms with Crippen molar-refractivity contribution in [1.82, 2.24) is 5.32 Å². The maximum atomic E-state index is 12.4. The molecule has 0 aliphatic carbocycles. The Balaban J connectivity index is 1.63. The van der Waals surface area contributed by atoms with Crippen molar-refractivity contribution in [1.29, 1.82) is 0 Å². The molecule has 0 spiro atoms. The Morgan fingerprint density at radius 2 is 1.96 bits per heavy atom. The van der Waals surface area contributed by atoms with Crippen LogP contribution in [0.2, 0.25) is 5.02 Å². The number of rotatable bonds is 5. The lowest BCUT2D eigenvalue weighted by Crippen LogP contribution is -2.35. The Bertz CT molecular complexity index is 883. The molecule has 1 aliphatic rings. The molecule has 1 N–H and O–H groups in total. The summed E-state index contributed by atoms with van der Waals surface area (Å²) in [5.41, 5.74) is 2.80. The lowest BCUT2D eigenvalue weighted by molar-refractivity contribution is -0.120.